The molecule has 1 aromatic carbocycles. The average molecular weight is 278 g/mol. The second kappa shape index (κ2) is 6.66. The molecule has 19 heavy (non-hydrogen) atoms. The molecule has 1 atom stereocenters. The fourth-order valence-corrected chi connectivity index (χ4v) is 2.40. The molecular weight excluding hydrogens is 256 g/mol. The molecule has 0 saturated heterocycles. The van der Waals surface area contributed by atoms with Gasteiger partial charge in [0.05, 0.1) is 10.9 Å². The van der Waals surface area contributed by atoms with E-state index in [-0.39, 0.29) is 16.8 Å². The number of hydrogen-bond donors (Lipinski definition) is 1. The zero-order valence-corrected chi connectivity index (χ0v) is 12.8. The van der Waals surface area contributed by atoms with Crippen LogP contribution in [-0.2, 0) is 11.2 Å². The number of aryl methyl sites for hydroxylation is 1. The number of nitrogens with zero attached hydrogens (tertiary/aromatic N) is 1. The van der Waals surface area contributed by atoms with Crippen LogP contribution in [0.1, 0.15) is 26.3 Å². The maximum atomic E-state index is 12.4. The summed E-state index contributed by atoms with van der Waals surface area (Å²) in [5.41, 5.74) is 7.80. The van der Waals surface area contributed by atoms with E-state index in [9.17, 15) is 4.79 Å². The molecule has 0 aliphatic carbocycles. The van der Waals surface area contributed by atoms with E-state index in [1.807, 2.05) is 38.1 Å². The maximum absolute atomic E-state index is 12.4. The number of carbonyl (C=O) groups is 1. The van der Waals surface area contributed by atoms with E-state index in [4.69, 9.17) is 18.0 Å². The molecule has 1 aromatic rings. The van der Waals surface area contributed by atoms with Crippen molar-refractivity contribution in [2.75, 3.05) is 11.9 Å². The Balaban J connectivity index is 2.94. The standard InChI is InChI=1S/C15H22N2OS/c1-5-11-6-8-12(9-7-11)17(4)15(18)13(10(2)3)14(16)19/h6-10,13H,5H2,1-4H3,(H2,16,19). The number of hydrogen-bond acceptors (Lipinski definition) is 2. The average Bonchev–Trinajstić information content (AvgIpc) is 2.37. The molecule has 2 N–H and O–H groups in total. The number of benzene rings is 1. The molecule has 3 nitrogen and oxygen atoms in total. The largest absolute Gasteiger partial charge is 0.393 e. The van der Waals surface area contributed by atoms with E-state index in [1.165, 1.54) is 5.56 Å². The minimum Gasteiger partial charge on any atom is -0.393 e. The molecule has 0 bridgehead atoms. The van der Waals surface area contributed by atoms with Crippen LogP contribution < -0.4 is 10.6 Å². The summed E-state index contributed by atoms with van der Waals surface area (Å²) in [6.45, 7) is 6.01. The summed E-state index contributed by atoms with van der Waals surface area (Å²) in [4.78, 5) is 14.3. The summed E-state index contributed by atoms with van der Waals surface area (Å²) in [5.74, 6) is -0.361. The lowest BCUT2D eigenvalue weighted by Crippen LogP contribution is -2.41. The Hall–Kier alpha value is -1.42. The van der Waals surface area contributed by atoms with E-state index in [0.29, 0.717) is 0 Å². The third-order valence-electron chi connectivity index (χ3n) is 3.30. The third-order valence-corrected chi connectivity index (χ3v) is 3.56. The normalized spacial score (nSPS) is 12.3. The van der Waals surface area contributed by atoms with Crippen LogP contribution in [-0.4, -0.2) is 17.9 Å². The summed E-state index contributed by atoms with van der Waals surface area (Å²) in [6.07, 6.45) is 0.986. The van der Waals surface area contributed by atoms with Gasteiger partial charge in [0, 0.05) is 12.7 Å². The molecule has 1 unspecified atom stereocenters. The molecule has 1 amide bonds. The predicted molar refractivity (Wildman–Crippen MR) is 84.3 cm³/mol. The molecule has 104 valence electrons. The van der Waals surface area contributed by atoms with Gasteiger partial charge in [0.1, 0.15) is 0 Å². The number of carbonyl (C=O) groups excluding carboxylic acids is 1. The van der Waals surface area contributed by atoms with Crippen LogP contribution >= 0.6 is 12.2 Å². The van der Waals surface area contributed by atoms with Gasteiger partial charge in [0.2, 0.25) is 5.91 Å². The quantitative estimate of drug-likeness (QED) is 0.842. The minimum absolute atomic E-state index is 0.0493. The van der Waals surface area contributed by atoms with Crippen molar-refractivity contribution in [3.63, 3.8) is 0 Å². The van der Waals surface area contributed by atoms with Crippen molar-refractivity contribution in [2.24, 2.45) is 17.6 Å². The molecule has 0 aliphatic heterocycles. The Morgan fingerprint density at radius 1 is 1.32 bits per heavy atom. The molecule has 0 fully saturated rings. The van der Waals surface area contributed by atoms with Gasteiger partial charge in [0.25, 0.3) is 0 Å². The second-order valence-corrected chi connectivity index (χ2v) is 5.51. The lowest BCUT2D eigenvalue weighted by molar-refractivity contribution is -0.121. The fraction of sp³-hybridized carbons (Fsp3) is 0.467. The van der Waals surface area contributed by atoms with E-state index < -0.39 is 5.92 Å². The Kier molecular flexibility index (Phi) is 5.48. The zero-order valence-electron chi connectivity index (χ0n) is 12.0. The molecule has 0 aliphatic rings. The molecule has 1 rings (SSSR count). The van der Waals surface area contributed by atoms with E-state index in [0.717, 1.165) is 12.1 Å². The van der Waals surface area contributed by atoms with Crippen molar-refractivity contribution < 1.29 is 4.79 Å². The van der Waals surface area contributed by atoms with Gasteiger partial charge in [0.15, 0.2) is 0 Å². The monoisotopic (exact) mass is 278 g/mol. The number of thiocarbonyl (C=S) groups is 1. The van der Waals surface area contributed by atoms with Gasteiger partial charge >= 0.3 is 0 Å². The SMILES string of the molecule is CCc1ccc(N(C)C(=O)C(C(N)=S)C(C)C)cc1. The molecule has 0 saturated carbocycles. The van der Waals surface area contributed by atoms with Crippen molar-refractivity contribution in [3.8, 4) is 0 Å². The first-order valence-electron chi connectivity index (χ1n) is 6.54. The van der Waals surface area contributed by atoms with Gasteiger partial charge in [-0.1, -0.05) is 45.1 Å². The van der Waals surface area contributed by atoms with Crippen LogP contribution in [0.15, 0.2) is 24.3 Å². The van der Waals surface area contributed by atoms with Gasteiger partial charge in [-0.2, -0.15) is 0 Å². The van der Waals surface area contributed by atoms with Crippen molar-refractivity contribution in [2.45, 2.75) is 27.2 Å². The van der Waals surface area contributed by atoms with Gasteiger partial charge in [-0.25, -0.2) is 0 Å². The van der Waals surface area contributed by atoms with Crippen LogP contribution in [0.5, 0.6) is 0 Å². The van der Waals surface area contributed by atoms with E-state index >= 15 is 0 Å². The molecule has 0 radical (unpaired) electrons. The highest BCUT2D eigenvalue weighted by Gasteiger charge is 2.28. The Labute approximate surface area is 120 Å². The van der Waals surface area contributed by atoms with Gasteiger partial charge in [-0.15, -0.1) is 0 Å². The topological polar surface area (TPSA) is 46.3 Å². The Morgan fingerprint density at radius 2 is 1.84 bits per heavy atom. The Bertz CT molecular complexity index is 454. The smallest absolute Gasteiger partial charge is 0.236 e. The van der Waals surface area contributed by atoms with E-state index in [2.05, 4.69) is 6.92 Å². The molecular formula is C15H22N2OS. The van der Waals surface area contributed by atoms with Crippen LogP contribution in [0.2, 0.25) is 0 Å². The second-order valence-electron chi connectivity index (χ2n) is 5.04. The number of amides is 1. The summed E-state index contributed by atoms with van der Waals surface area (Å²) in [7, 11) is 1.76. The van der Waals surface area contributed by atoms with Gasteiger partial charge in [-0.05, 0) is 30.0 Å². The summed E-state index contributed by atoms with van der Waals surface area (Å²) >= 11 is 5.01. The molecule has 0 spiro atoms. The molecule has 4 heteroatoms. The highest BCUT2D eigenvalue weighted by molar-refractivity contribution is 7.80. The Morgan fingerprint density at radius 3 is 2.21 bits per heavy atom. The van der Waals surface area contributed by atoms with Crippen molar-refractivity contribution in [1.29, 1.82) is 0 Å². The predicted octanol–water partition coefficient (Wildman–Crippen LogP) is 2.77. The lowest BCUT2D eigenvalue weighted by Gasteiger charge is -2.25. The third kappa shape index (κ3) is 3.77. The van der Waals surface area contributed by atoms with Crippen LogP contribution in [0.4, 0.5) is 5.69 Å². The summed E-state index contributed by atoms with van der Waals surface area (Å²) in [5, 5.41) is 0. The summed E-state index contributed by atoms with van der Waals surface area (Å²) < 4.78 is 0. The fourth-order valence-electron chi connectivity index (χ4n) is 2.03. The zero-order chi connectivity index (χ0) is 14.6. The molecule has 0 heterocycles. The maximum Gasteiger partial charge on any atom is 0.236 e. The minimum atomic E-state index is -0.411. The highest BCUT2D eigenvalue weighted by atomic mass is 32.1. The van der Waals surface area contributed by atoms with Crippen LogP contribution in [0, 0.1) is 11.8 Å². The van der Waals surface area contributed by atoms with Crippen molar-refractivity contribution in [1.82, 2.24) is 0 Å². The van der Waals surface area contributed by atoms with Gasteiger partial charge < -0.3 is 10.6 Å². The number of anilines is 1. The van der Waals surface area contributed by atoms with E-state index in [1.54, 1.807) is 11.9 Å². The lowest BCUT2D eigenvalue weighted by atomic mass is 9.94. The molecule has 0 aromatic heterocycles. The van der Waals surface area contributed by atoms with Crippen molar-refractivity contribution >= 4 is 28.8 Å². The first-order chi connectivity index (χ1) is 8.88. The van der Waals surface area contributed by atoms with Crippen LogP contribution in [0.3, 0.4) is 0 Å². The number of rotatable bonds is 5. The van der Waals surface area contributed by atoms with Crippen molar-refractivity contribution in [3.05, 3.63) is 29.8 Å². The first kappa shape index (κ1) is 15.6. The highest BCUT2D eigenvalue weighted by Crippen LogP contribution is 2.20. The summed E-state index contributed by atoms with van der Waals surface area (Å²) in [6, 6.07) is 7.97. The van der Waals surface area contributed by atoms with Gasteiger partial charge in [-0.3, -0.25) is 4.79 Å². The number of nitrogens with two attached hydrogens (primary N) is 1. The first-order valence-corrected chi connectivity index (χ1v) is 6.95. The van der Waals surface area contributed by atoms with Crippen LogP contribution in [0.25, 0.3) is 0 Å².